The van der Waals surface area contributed by atoms with Gasteiger partial charge < -0.3 is 4.74 Å². The van der Waals surface area contributed by atoms with Crippen molar-refractivity contribution in [2.45, 2.75) is 20.5 Å². The maximum atomic E-state index is 5.99. The van der Waals surface area contributed by atoms with Crippen LogP contribution in [0.3, 0.4) is 0 Å². The van der Waals surface area contributed by atoms with Crippen LogP contribution in [-0.4, -0.2) is 7.11 Å². The van der Waals surface area contributed by atoms with Gasteiger partial charge in [-0.05, 0) is 53.8 Å². The van der Waals surface area contributed by atoms with E-state index in [1.54, 1.807) is 7.11 Å². The topological polar surface area (TPSA) is 9.23 Å². The largest absolute Gasteiger partial charge is 0.380 e. The summed E-state index contributed by atoms with van der Waals surface area (Å²) in [7, 11) is 1.72. The molecule has 0 heterocycles. The molecule has 2 rings (SSSR count). The lowest BCUT2D eigenvalue weighted by molar-refractivity contribution is 0.184. The van der Waals surface area contributed by atoms with Crippen molar-refractivity contribution in [3.8, 4) is 11.1 Å². The van der Waals surface area contributed by atoms with E-state index in [0.29, 0.717) is 6.61 Å². The maximum absolute atomic E-state index is 5.99. The Morgan fingerprint density at radius 2 is 1.78 bits per heavy atom. The number of benzene rings is 2. The molecule has 0 saturated heterocycles. The Kier molecular flexibility index (Phi) is 4.05. The third-order valence-electron chi connectivity index (χ3n) is 3.14. The molecule has 0 aliphatic heterocycles. The van der Waals surface area contributed by atoms with Gasteiger partial charge in [0, 0.05) is 12.1 Å². The van der Waals surface area contributed by atoms with E-state index >= 15 is 0 Å². The Balaban J connectivity index is 2.42. The Labute approximate surface area is 113 Å². The number of ether oxygens (including phenoxy) is 1. The molecule has 0 aromatic heterocycles. The quantitative estimate of drug-likeness (QED) is 0.772. The molecule has 1 nitrogen and oxygen atoms in total. The van der Waals surface area contributed by atoms with Gasteiger partial charge in [-0.2, -0.15) is 0 Å². The zero-order chi connectivity index (χ0) is 13.1. The summed E-state index contributed by atoms with van der Waals surface area (Å²) in [6, 6.07) is 12.5. The van der Waals surface area contributed by atoms with Gasteiger partial charge in [0.05, 0.1) is 6.61 Å². The third kappa shape index (κ3) is 2.74. The maximum Gasteiger partial charge on any atom is 0.0715 e. The Bertz CT molecular complexity index is 561. The fourth-order valence-corrected chi connectivity index (χ4v) is 2.36. The van der Waals surface area contributed by atoms with Crippen molar-refractivity contribution >= 4 is 11.6 Å². The lowest BCUT2D eigenvalue weighted by atomic mass is 9.97. The Morgan fingerprint density at radius 1 is 1.00 bits per heavy atom. The molecule has 0 unspecified atom stereocenters. The number of hydrogen-bond acceptors (Lipinski definition) is 1. The monoisotopic (exact) mass is 260 g/mol. The van der Waals surface area contributed by atoms with Gasteiger partial charge in [0.25, 0.3) is 0 Å². The summed E-state index contributed by atoms with van der Waals surface area (Å²) in [4.78, 5) is 0. The average Bonchev–Trinajstić information content (AvgIpc) is 2.32. The summed E-state index contributed by atoms with van der Waals surface area (Å²) >= 11 is 5.99. The van der Waals surface area contributed by atoms with Gasteiger partial charge >= 0.3 is 0 Å². The third-order valence-corrected chi connectivity index (χ3v) is 3.38. The molecule has 0 spiro atoms. The first-order valence-corrected chi connectivity index (χ1v) is 6.34. The Hall–Kier alpha value is -1.31. The number of methoxy groups -OCH3 is 1. The molecule has 0 aliphatic carbocycles. The van der Waals surface area contributed by atoms with Crippen molar-refractivity contribution in [2.24, 2.45) is 0 Å². The lowest BCUT2D eigenvalue weighted by Crippen LogP contribution is -1.92. The second-order valence-electron chi connectivity index (χ2n) is 4.53. The van der Waals surface area contributed by atoms with Crippen molar-refractivity contribution in [1.82, 2.24) is 0 Å². The molecule has 0 aliphatic rings. The first-order valence-electron chi connectivity index (χ1n) is 5.97. The van der Waals surface area contributed by atoms with Crippen LogP contribution in [0.1, 0.15) is 16.7 Å². The molecule has 0 amide bonds. The Morgan fingerprint density at radius 3 is 2.39 bits per heavy atom. The predicted molar refractivity (Wildman–Crippen MR) is 77.1 cm³/mol. The van der Waals surface area contributed by atoms with E-state index in [2.05, 4.69) is 38.1 Å². The number of hydrogen-bond donors (Lipinski definition) is 0. The van der Waals surface area contributed by atoms with Crippen LogP contribution >= 0.6 is 11.6 Å². The first kappa shape index (κ1) is 13.1. The van der Waals surface area contributed by atoms with Crippen LogP contribution in [0, 0.1) is 13.8 Å². The van der Waals surface area contributed by atoms with Gasteiger partial charge in [0.2, 0.25) is 0 Å². The molecule has 0 radical (unpaired) electrons. The first-order chi connectivity index (χ1) is 8.61. The fraction of sp³-hybridized carbons (Fsp3) is 0.250. The van der Waals surface area contributed by atoms with Crippen molar-refractivity contribution in [2.75, 3.05) is 7.11 Å². The zero-order valence-electron chi connectivity index (χ0n) is 11.0. The van der Waals surface area contributed by atoms with Crippen molar-refractivity contribution in [3.63, 3.8) is 0 Å². The minimum absolute atomic E-state index is 0.658. The minimum Gasteiger partial charge on any atom is -0.380 e. The summed E-state index contributed by atoms with van der Waals surface area (Å²) in [5.74, 6) is 0. The van der Waals surface area contributed by atoms with E-state index in [1.165, 1.54) is 27.8 Å². The zero-order valence-corrected chi connectivity index (χ0v) is 11.7. The van der Waals surface area contributed by atoms with Gasteiger partial charge in [0.15, 0.2) is 0 Å². The summed E-state index contributed by atoms with van der Waals surface area (Å²) in [6.07, 6.45) is 0. The van der Waals surface area contributed by atoms with E-state index in [0.717, 1.165) is 5.02 Å². The van der Waals surface area contributed by atoms with E-state index in [4.69, 9.17) is 16.3 Å². The molecule has 18 heavy (non-hydrogen) atoms. The second kappa shape index (κ2) is 5.55. The molecule has 0 saturated carbocycles. The number of rotatable bonds is 3. The lowest BCUT2D eigenvalue weighted by Gasteiger charge is -2.10. The van der Waals surface area contributed by atoms with E-state index in [9.17, 15) is 0 Å². The molecular weight excluding hydrogens is 244 g/mol. The summed E-state index contributed by atoms with van der Waals surface area (Å²) in [5.41, 5.74) is 6.13. The molecule has 0 N–H and O–H groups in total. The number of aryl methyl sites for hydroxylation is 2. The molecular formula is C16H17ClO. The summed E-state index contributed by atoms with van der Waals surface area (Å²) in [6.45, 7) is 4.86. The molecule has 0 bridgehead atoms. The van der Waals surface area contributed by atoms with E-state index in [1.807, 2.05) is 12.1 Å². The van der Waals surface area contributed by atoms with Crippen LogP contribution in [0.4, 0.5) is 0 Å². The van der Waals surface area contributed by atoms with Crippen LogP contribution in [0.15, 0.2) is 36.4 Å². The molecule has 0 atom stereocenters. The van der Waals surface area contributed by atoms with E-state index in [-0.39, 0.29) is 0 Å². The van der Waals surface area contributed by atoms with Crippen molar-refractivity contribution in [3.05, 3.63) is 58.1 Å². The highest BCUT2D eigenvalue weighted by molar-refractivity contribution is 6.30. The second-order valence-corrected chi connectivity index (χ2v) is 4.97. The van der Waals surface area contributed by atoms with Crippen LogP contribution in [0.2, 0.25) is 5.02 Å². The molecule has 2 aromatic carbocycles. The molecule has 0 fully saturated rings. The van der Waals surface area contributed by atoms with Crippen molar-refractivity contribution in [1.29, 1.82) is 0 Å². The summed E-state index contributed by atoms with van der Waals surface area (Å²) < 4.78 is 5.18. The van der Waals surface area contributed by atoms with Gasteiger partial charge in [-0.15, -0.1) is 0 Å². The predicted octanol–water partition coefficient (Wildman–Crippen LogP) is 4.77. The van der Waals surface area contributed by atoms with Crippen LogP contribution in [-0.2, 0) is 11.3 Å². The van der Waals surface area contributed by atoms with Gasteiger partial charge in [-0.3, -0.25) is 0 Å². The normalized spacial score (nSPS) is 10.7. The molecule has 2 heteroatoms. The minimum atomic E-state index is 0.658. The fourth-order valence-electron chi connectivity index (χ4n) is 2.13. The van der Waals surface area contributed by atoms with Crippen LogP contribution in [0.25, 0.3) is 11.1 Å². The highest BCUT2D eigenvalue weighted by Crippen LogP contribution is 2.27. The van der Waals surface area contributed by atoms with E-state index < -0.39 is 0 Å². The van der Waals surface area contributed by atoms with Crippen molar-refractivity contribution < 1.29 is 4.74 Å². The van der Waals surface area contributed by atoms with Crippen LogP contribution in [0.5, 0.6) is 0 Å². The standard InChI is InChI=1S/C16H17ClO/c1-11-8-13(4-5-14(11)10-18-3)16-7-6-15(17)9-12(16)2/h4-9H,10H2,1-3H3. The van der Waals surface area contributed by atoms with Gasteiger partial charge in [-0.1, -0.05) is 35.9 Å². The van der Waals surface area contributed by atoms with Gasteiger partial charge in [0.1, 0.15) is 0 Å². The molecule has 2 aromatic rings. The highest BCUT2D eigenvalue weighted by atomic mass is 35.5. The average molecular weight is 261 g/mol. The van der Waals surface area contributed by atoms with Gasteiger partial charge in [-0.25, -0.2) is 0 Å². The smallest absolute Gasteiger partial charge is 0.0715 e. The molecule has 94 valence electrons. The SMILES string of the molecule is COCc1ccc(-c2ccc(Cl)cc2C)cc1C. The summed E-state index contributed by atoms with van der Waals surface area (Å²) in [5, 5.41) is 0.781. The number of halogens is 1. The highest BCUT2D eigenvalue weighted by Gasteiger charge is 2.05. The van der Waals surface area contributed by atoms with Crippen LogP contribution < -0.4 is 0 Å².